The molecule has 140 valence electrons. The minimum atomic E-state index is -2.92. The highest BCUT2D eigenvalue weighted by atomic mass is 35.5. The Kier molecular flexibility index (Phi) is 6.20. The van der Waals surface area contributed by atoms with E-state index in [0.717, 1.165) is 5.56 Å². The van der Waals surface area contributed by atoms with Crippen molar-refractivity contribution in [2.75, 3.05) is 10.6 Å². The Morgan fingerprint density at radius 1 is 1.15 bits per heavy atom. The Hall–Kier alpha value is -2.71. The molecule has 3 aromatic rings. The van der Waals surface area contributed by atoms with E-state index >= 15 is 0 Å². The van der Waals surface area contributed by atoms with Gasteiger partial charge >= 0.3 is 6.61 Å². The Balaban J connectivity index is 1.61. The third-order valence-electron chi connectivity index (χ3n) is 3.47. The van der Waals surface area contributed by atoms with E-state index in [1.807, 2.05) is 18.2 Å². The molecule has 27 heavy (non-hydrogen) atoms. The van der Waals surface area contributed by atoms with Crippen LogP contribution in [0.15, 0.2) is 60.8 Å². The molecule has 0 saturated heterocycles. The summed E-state index contributed by atoms with van der Waals surface area (Å²) in [6.45, 7) is -2.37. The number of alkyl halides is 2. The van der Waals surface area contributed by atoms with Gasteiger partial charge < -0.3 is 15.4 Å². The highest BCUT2D eigenvalue weighted by Gasteiger charge is 2.10. The molecule has 1 aromatic heterocycles. The molecule has 9 heteroatoms. The number of benzene rings is 2. The molecular weight excluding hydrogens is 394 g/mol. The molecular formula is C18H15ClF2N4OS. The maximum Gasteiger partial charge on any atom is 0.387 e. The number of thiocarbonyl (C=S) groups is 1. The standard InChI is InChI=1S/C18H15ClF2N4OS/c19-13-5-3-4-12(10-13)11-25-9-8-16(24-25)23-18(27)22-14-6-1-2-7-15(14)26-17(20)21/h1-10,17H,11H2,(H2,22,23,24,27). The fourth-order valence-electron chi connectivity index (χ4n) is 2.38. The van der Waals surface area contributed by atoms with Crippen LogP contribution in [0.3, 0.4) is 0 Å². The maximum atomic E-state index is 12.5. The van der Waals surface area contributed by atoms with Crippen LogP contribution in [0.4, 0.5) is 20.3 Å². The van der Waals surface area contributed by atoms with Gasteiger partial charge in [-0.15, -0.1) is 0 Å². The molecule has 2 N–H and O–H groups in total. The number of ether oxygens (including phenoxy) is 1. The maximum absolute atomic E-state index is 12.5. The van der Waals surface area contributed by atoms with Crippen molar-refractivity contribution in [3.63, 3.8) is 0 Å². The highest BCUT2D eigenvalue weighted by molar-refractivity contribution is 7.80. The van der Waals surface area contributed by atoms with Gasteiger partial charge in [0.1, 0.15) is 5.75 Å². The van der Waals surface area contributed by atoms with Crippen LogP contribution in [0.1, 0.15) is 5.56 Å². The molecule has 0 spiro atoms. The van der Waals surface area contributed by atoms with Crippen molar-refractivity contribution in [1.82, 2.24) is 9.78 Å². The molecule has 0 saturated carbocycles. The third kappa shape index (κ3) is 5.63. The van der Waals surface area contributed by atoms with E-state index < -0.39 is 6.61 Å². The van der Waals surface area contributed by atoms with Gasteiger partial charge in [0.25, 0.3) is 0 Å². The number of rotatable bonds is 6. The van der Waals surface area contributed by atoms with Crippen LogP contribution < -0.4 is 15.4 Å². The van der Waals surface area contributed by atoms with E-state index in [2.05, 4.69) is 20.5 Å². The molecule has 2 aromatic carbocycles. The van der Waals surface area contributed by atoms with Gasteiger partial charge in [0.15, 0.2) is 10.9 Å². The monoisotopic (exact) mass is 408 g/mol. The van der Waals surface area contributed by atoms with Crippen molar-refractivity contribution >= 4 is 40.4 Å². The summed E-state index contributed by atoms with van der Waals surface area (Å²) in [6, 6.07) is 15.5. The normalized spacial score (nSPS) is 10.7. The number of hydrogen-bond acceptors (Lipinski definition) is 3. The molecule has 3 rings (SSSR count). The number of hydrogen-bond donors (Lipinski definition) is 2. The molecule has 0 aliphatic carbocycles. The molecule has 0 fully saturated rings. The largest absolute Gasteiger partial charge is 0.433 e. The molecule has 0 radical (unpaired) electrons. The molecule has 0 atom stereocenters. The van der Waals surface area contributed by atoms with Gasteiger partial charge in [0, 0.05) is 17.3 Å². The fraction of sp³-hybridized carbons (Fsp3) is 0.111. The molecule has 0 amide bonds. The van der Waals surface area contributed by atoms with Crippen LogP contribution in [-0.4, -0.2) is 21.5 Å². The van der Waals surface area contributed by atoms with E-state index in [0.29, 0.717) is 23.1 Å². The molecule has 0 bridgehead atoms. The average molecular weight is 409 g/mol. The number of nitrogens with one attached hydrogen (secondary N) is 2. The van der Waals surface area contributed by atoms with Gasteiger partial charge in [-0.1, -0.05) is 35.9 Å². The average Bonchev–Trinajstić information content (AvgIpc) is 3.03. The number of nitrogens with zero attached hydrogens (tertiary/aromatic N) is 2. The van der Waals surface area contributed by atoms with Crippen LogP contribution >= 0.6 is 23.8 Å². The summed E-state index contributed by atoms with van der Waals surface area (Å²) in [7, 11) is 0. The lowest BCUT2D eigenvalue weighted by molar-refractivity contribution is -0.0493. The van der Waals surface area contributed by atoms with Gasteiger partial charge in [0.05, 0.1) is 12.2 Å². The van der Waals surface area contributed by atoms with E-state index in [1.54, 1.807) is 41.2 Å². The van der Waals surface area contributed by atoms with E-state index in [-0.39, 0.29) is 10.9 Å². The zero-order valence-electron chi connectivity index (χ0n) is 13.9. The Morgan fingerprint density at radius 2 is 1.96 bits per heavy atom. The molecule has 1 heterocycles. The van der Waals surface area contributed by atoms with E-state index in [4.69, 9.17) is 23.8 Å². The Morgan fingerprint density at radius 3 is 2.74 bits per heavy atom. The summed E-state index contributed by atoms with van der Waals surface area (Å²) in [5.74, 6) is 0.518. The number of para-hydroxylation sites is 2. The molecule has 5 nitrogen and oxygen atoms in total. The Bertz CT molecular complexity index is 935. The molecule has 0 aliphatic rings. The van der Waals surface area contributed by atoms with Gasteiger partial charge in [-0.3, -0.25) is 4.68 Å². The summed E-state index contributed by atoms with van der Waals surface area (Å²) in [5, 5.41) is 11.0. The van der Waals surface area contributed by atoms with Crippen molar-refractivity contribution in [2.24, 2.45) is 0 Å². The minimum absolute atomic E-state index is 0.00290. The van der Waals surface area contributed by atoms with Crippen LogP contribution in [0.5, 0.6) is 5.75 Å². The first-order chi connectivity index (χ1) is 13.0. The van der Waals surface area contributed by atoms with Gasteiger partial charge in [-0.25, -0.2) is 0 Å². The summed E-state index contributed by atoms with van der Waals surface area (Å²) in [5.41, 5.74) is 1.34. The topological polar surface area (TPSA) is 51.1 Å². The first-order valence-corrected chi connectivity index (χ1v) is 8.68. The zero-order valence-corrected chi connectivity index (χ0v) is 15.5. The van der Waals surface area contributed by atoms with Gasteiger partial charge in [-0.05, 0) is 42.0 Å². The quantitative estimate of drug-likeness (QED) is 0.562. The minimum Gasteiger partial charge on any atom is -0.433 e. The number of halogens is 3. The van der Waals surface area contributed by atoms with Crippen LogP contribution in [0.25, 0.3) is 0 Å². The second-order valence-corrected chi connectivity index (χ2v) is 6.33. The van der Waals surface area contributed by atoms with Crippen LogP contribution in [0.2, 0.25) is 5.02 Å². The predicted molar refractivity (Wildman–Crippen MR) is 106 cm³/mol. The van der Waals surface area contributed by atoms with Crippen molar-refractivity contribution in [2.45, 2.75) is 13.2 Å². The predicted octanol–water partition coefficient (Wildman–Crippen LogP) is 5.00. The summed E-state index contributed by atoms with van der Waals surface area (Å²) in [6.07, 6.45) is 1.79. The first-order valence-electron chi connectivity index (χ1n) is 7.89. The van der Waals surface area contributed by atoms with E-state index in [9.17, 15) is 8.78 Å². The van der Waals surface area contributed by atoms with Crippen molar-refractivity contribution in [3.8, 4) is 5.75 Å². The number of anilines is 2. The van der Waals surface area contributed by atoms with Gasteiger partial charge in [0.2, 0.25) is 0 Å². The van der Waals surface area contributed by atoms with Crippen molar-refractivity contribution < 1.29 is 13.5 Å². The summed E-state index contributed by atoms with van der Waals surface area (Å²) < 4.78 is 31.1. The Labute approximate surface area is 164 Å². The highest BCUT2D eigenvalue weighted by Crippen LogP contribution is 2.25. The lowest BCUT2D eigenvalue weighted by Gasteiger charge is -2.13. The molecule has 0 aliphatic heterocycles. The third-order valence-corrected chi connectivity index (χ3v) is 3.91. The number of aromatic nitrogens is 2. The lowest BCUT2D eigenvalue weighted by Crippen LogP contribution is -2.20. The smallest absolute Gasteiger partial charge is 0.387 e. The SMILES string of the molecule is FC(F)Oc1ccccc1NC(=S)Nc1ccn(Cc2cccc(Cl)c2)n1. The molecule has 0 unspecified atom stereocenters. The second kappa shape index (κ2) is 8.79. The van der Waals surface area contributed by atoms with Crippen LogP contribution in [-0.2, 0) is 6.54 Å². The lowest BCUT2D eigenvalue weighted by atomic mass is 10.2. The van der Waals surface area contributed by atoms with Gasteiger partial charge in [-0.2, -0.15) is 13.9 Å². The van der Waals surface area contributed by atoms with Crippen LogP contribution in [0, 0.1) is 0 Å². The first kappa shape index (κ1) is 19.1. The summed E-state index contributed by atoms with van der Waals surface area (Å²) >= 11 is 11.2. The summed E-state index contributed by atoms with van der Waals surface area (Å²) in [4.78, 5) is 0. The van der Waals surface area contributed by atoms with E-state index in [1.165, 1.54) is 6.07 Å². The second-order valence-electron chi connectivity index (χ2n) is 5.48. The fourth-order valence-corrected chi connectivity index (χ4v) is 2.80. The zero-order chi connectivity index (χ0) is 19.2. The van der Waals surface area contributed by atoms with Crippen molar-refractivity contribution in [1.29, 1.82) is 0 Å². The van der Waals surface area contributed by atoms with Crippen molar-refractivity contribution in [3.05, 3.63) is 71.4 Å².